The van der Waals surface area contributed by atoms with E-state index in [0.717, 1.165) is 12.8 Å². The fourth-order valence-corrected chi connectivity index (χ4v) is 2.80. The van der Waals surface area contributed by atoms with Crippen LogP contribution in [0.2, 0.25) is 0 Å². The predicted molar refractivity (Wildman–Crippen MR) is 78.8 cm³/mol. The van der Waals surface area contributed by atoms with Crippen LogP contribution < -0.4 is 10.6 Å². The maximum Gasteiger partial charge on any atom is 0.306 e. The van der Waals surface area contributed by atoms with Crippen molar-refractivity contribution in [1.82, 2.24) is 10.6 Å². The Bertz CT molecular complexity index is 395. The molecule has 0 radical (unpaired) electrons. The number of rotatable bonds is 7. The molecule has 1 aliphatic carbocycles. The summed E-state index contributed by atoms with van der Waals surface area (Å²) in [6, 6.07) is -0.405. The molecule has 21 heavy (non-hydrogen) atoms. The molecule has 6 nitrogen and oxygen atoms in total. The first-order valence-electron chi connectivity index (χ1n) is 7.57. The normalized spacial score (nSPS) is 23.6. The standard InChI is InChI=1S/C15H26N2O4/c1-9(2)14(10(3)18)17-13(19)8-16-12-6-4-5-11(7-12)15(20)21/h9,11-12,14,16H,4-8H2,1-3H3,(H,17,19)(H,20,21). The van der Waals surface area contributed by atoms with Crippen molar-refractivity contribution >= 4 is 17.7 Å². The van der Waals surface area contributed by atoms with E-state index >= 15 is 0 Å². The first-order valence-corrected chi connectivity index (χ1v) is 7.57. The SMILES string of the molecule is CC(=O)C(NC(=O)CNC1CCCC(C(=O)O)C1)C(C)C. The maximum atomic E-state index is 11.9. The molecule has 0 heterocycles. The van der Waals surface area contributed by atoms with Crippen LogP contribution in [0.1, 0.15) is 46.5 Å². The second-order valence-corrected chi connectivity index (χ2v) is 6.18. The fraction of sp³-hybridized carbons (Fsp3) is 0.800. The molecule has 6 heteroatoms. The van der Waals surface area contributed by atoms with Gasteiger partial charge in [0.05, 0.1) is 18.5 Å². The number of aliphatic carboxylic acids is 1. The lowest BCUT2D eigenvalue weighted by Crippen LogP contribution is -2.48. The van der Waals surface area contributed by atoms with Gasteiger partial charge in [-0.3, -0.25) is 14.4 Å². The first kappa shape index (κ1) is 17.6. The zero-order valence-corrected chi connectivity index (χ0v) is 13.0. The zero-order valence-electron chi connectivity index (χ0n) is 13.0. The highest BCUT2D eigenvalue weighted by Gasteiger charge is 2.27. The van der Waals surface area contributed by atoms with E-state index in [1.807, 2.05) is 13.8 Å². The van der Waals surface area contributed by atoms with E-state index in [1.54, 1.807) is 0 Å². The van der Waals surface area contributed by atoms with Gasteiger partial charge in [0.1, 0.15) is 0 Å². The van der Waals surface area contributed by atoms with E-state index in [-0.39, 0.29) is 36.1 Å². The highest BCUT2D eigenvalue weighted by Crippen LogP contribution is 2.24. The fourth-order valence-electron chi connectivity index (χ4n) is 2.80. The van der Waals surface area contributed by atoms with Crippen molar-refractivity contribution in [2.24, 2.45) is 11.8 Å². The van der Waals surface area contributed by atoms with Gasteiger partial charge >= 0.3 is 5.97 Å². The summed E-state index contributed by atoms with van der Waals surface area (Å²) in [5, 5.41) is 14.9. The number of carboxylic acids is 1. The van der Waals surface area contributed by atoms with Gasteiger partial charge in [0.2, 0.25) is 5.91 Å². The number of ketones is 1. The van der Waals surface area contributed by atoms with Gasteiger partial charge in [-0.25, -0.2) is 0 Å². The predicted octanol–water partition coefficient (Wildman–Crippen LogP) is 0.949. The van der Waals surface area contributed by atoms with Crippen LogP contribution in [-0.2, 0) is 14.4 Å². The molecule has 120 valence electrons. The molecule has 0 aromatic rings. The zero-order chi connectivity index (χ0) is 16.0. The molecule has 3 atom stereocenters. The minimum atomic E-state index is -0.762. The van der Waals surface area contributed by atoms with Crippen molar-refractivity contribution in [2.75, 3.05) is 6.54 Å². The molecular formula is C15H26N2O4. The van der Waals surface area contributed by atoms with E-state index in [9.17, 15) is 14.4 Å². The third-order valence-electron chi connectivity index (χ3n) is 4.00. The molecule has 3 unspecified atom stereocenters. The van der Waals surface area contributed by atoms with Gasteiger partial charge in [0.15, 0.2) is 5.78 Å². The van der Waals surface area contributed by atoms with Gasteiger partial charge < -0.3 is 15.7 Å². The van der Waals surface area contributed by atoms with Gasteiger partial charge in [0, 0.05) is 6.04 Å². The highest BCUT2D eigenvalue weighted by molar-refractivity contribution is 5.88. The minimum Gasteiger partial charge on any atom is -0.481 e. The highest BCUT2D eigenvalue weighted by atomic mass is 16.4. The van der Waals surface area contributed by atoms with Gasteiger partial charge in [0.25, 0.3) is 0 Å². The second kappa shape index (κ2) is 8.12. The molecule has 1 saturated carbocycles. The van der Waals surface area contributed by atoms with Gasteiger partial charge in [-0.2, -0.15) is 0 Å². The van der Waals surface area contributed by atoms with E-state index < -0.39 is 12.0 Å². The summed E-state index contributed by atoms with van der Waals surface area (Å²) in [7, 11) is 0. The Morgan fingerprint density at radius 3 is 2.43 bits per heavy atom. The lowest BCUT2D eigenvalue weighted by Gasteiger charge is -2.27. The molecule has 0 aliphatic heterocycles. The molecule has 3 N–H and O–H groups in total. The summed E-state index contributed by atoms with van der Waals surface area (Å²) >= 11 is 0. The summed E-state index contributed by atoms with van der Waals surface area (Å²) in [6.45, 7) is 5.36. The van der Waals surface area contributed by atoms with Gasteiger partial charge in [-0.1, -0.05) is 20.3 Å². The third kappa shape index (κ3) is 5.83. The van der Waals surface area contributed by atoms with Crippen molar-refractivity contribution in [1.29, 1.82) is 0 Å². The Morgan fingerprint density at radius 1 is 1.24 bits per heavy atom. The molecule has 0 spiro atoms. The number of amides is 1. The van der Waals surface area contributed by atoms with E-state index in [4.69, 9.17) is 5.11 Å². The Labute approximate surface area is 125 Å². The van der Waals surface area contributed by atoms with E-state index in [2.05, 4.69) is 10.6 Å². The van der Waals surface area contributed by atoms with Crippen LogP contribution in [-0.4, -0.2) is 41.4 Å². The quantitative estimate of drug-likeness (QED) is 0.650. The Kier molecular flexibility index (Phi) is 6.81. The molecule has 1 amide bonds. The molecular weight excluding hydrogens is 272 g/mol. The van der Waals surface area contributed by atoms with Crippen LogP contribution in [0.25, 0.3) is 0 Å². The number of carboxylic acid groups (broad SMARTS) is 1. The number of hydrogen-bond acceptors (Lipinski definition) is 4. The smallest absolute Gasteiger partial charge is 0.306 e. The number of nitrogens with one attached hydrogen (secondary N) is 2. The monoisotopic (exact) mass is 298 g/mol. The molecule has 0 aromatic carbocycles. The summed E-state index contributed by atoms with van der Waals surface area (Å²) in [5.74, 6) is -1.30. The van der Waals surface area contributed by atoms with Crippen molar-refractivity contribution in [3.63, 3.8) is 0 Å². The molecule has 1 fully saturated rings. The largest absolute Gasteiger partial charge is 0.481 e. The second-order valence-electron chi connectivity index (χ2n) is 6.18. The first-order chi connectivity index (χ1) is 9.81. The topological polar surface area (TPSA) is 95.5 Å². The number of carbonyl (C=O) groups excluding carboxylic acids is 2. The summed E-state index contributed by atoms with van der Waals surface area (Å²) in [6.07, 6.45) is 3.01. The molecule has 0 aromatic heterocycles. The summed E-state index contributed by atoms with van der Waals surface area (Å²) in [5.41, 5.74) is 0. The van der Waals surface area contributed by atoms with Crippen LogP contribution in [0.3, 0.4) is 0 Å². The van der Waals surface area contributed by atoms with Crippen LogP contribution in [0, 0.1) is 11.8 Å². The maximum absolute atomic E-state index is 11.9. The van der Waals surface area contributed by atoms with E-state index in [1.165, 1.54) is 6.92 Å². The molecule has 0 saturated heterocycles. The molecule has 1 aliphatic rings. The number of Topliss-reactive ketones (excluding diaryl/α,β-unsaturated/α-hetero) is 1. The molecule has 1 rings (SSSR count). The van der Waals surface area contributed by atoms with Crippen LogP contribution >= 0.6 is 0 Å². The van der Waals surface area contributed by atoms with Crippen molar-refractivity contribution in [2.45, 2.75) is 58.5 Å². The average Bonchev–Trinajstić information content (AvgIpc) is 2.42. The third-order valence-corrected chi connectivity index (χ3v) is 4.00. The average molecular weight is 298 g/mol. The minimum absolute atomic E-state index is 0.0533. The van der Waals surface area contributed by atoms with Crippen molar-refractivity contribution in [3.8, 4) is 0 Å². The van der Waals surface area contributed by atoms with Gasteiger partial charge in [-0.15, -0.1) is 0 Å². The van der Waals surface area contributed by atoms with Crippen LogP contribution in [0.15, 0.2) is 0 Å². The van der Waals surface area contributed by atoms with Crippen molar-refractivity contribution < 1.29 is 19.5 Å². The lowest BCUT2D eigenvalue weighted by atomic mass is 9.86. The van der Waals surface area contributed by atoms with E-state index in [0.29, 0.717) is 12.8 Å². The Balaban J connectivity index is 2.38. The molecule has 0 bridgehead atoms. The van der Waals surface area contributed by atoms with Gasteiger partial charge in [-0.05, 0) is 32.1 Å². The Morgan fingerprint density at radius 2 is 1.90 bits per heavy atom. The summed E-state index contributed by atoms with van der Waals surface area (Å²) in [4.78, 5) is 34.3. The lowest BCUT2D eigenvalue weighted by molar-refractivity contribution is -0.143. The number of carbonyl (C=O) groups is 3. The number of hydrogen-bond donors (Lipinski definition) is 3. The summed E-state index contributed by atoms with van der Waals surface area (Å²) < 4.78 is 0. The van der Waals surface area contributed by atoms with Crippen LogP contribution in [0.5, 0.6) is 0 Å². The van der Waals surface area contributed by atoms with Crippen LogP contribution in [0.4, 0.5) is 0 Å². The van der Waals surface area contributed by atoms with Crippen molar-refractivity contribution in [3.05, 3.63) is 0 Å². The Hall–Kier alpha value is -1.43.